The lowest BCUT2D eigenvalue weighted by molar-refractivity contribution is 0.0730. The average molecular weight is 367 g/mol. The topological polar surface area (TPSA) is 42.4 Å². The minimum Gasteiger partial charge on any atom is -0.497 e. The van der Waals surface area contributed by atoms with Crippen LogP contribution in [0.3, 0.4) is 0 Å². The first-order valence-electron chi connectivity index (χ1n) is 8.64. The molecule has 0 bridgehead atoms. The Morgan fingerprint density at radius 2 is 1.92 bits per heavy atom. The number of carbonyl (C=O) groups excluding carboxylic acids is 1. The first kappa shape index (κ1) is 16.9. The summed E-state index contributed by atoms with van der Waals surface area (Å²) in [6.45, 7) is 0.602. The third kappa shape index (κ3) is 3.51. The molecule has 0 radical (unpaired) electrons. The zero-order chi connectivity index (χ0) is 18.1. The monoisotopic (exact) mass is 366 g/mol. The summed E-state index contributed by atoms with van der Waals surface area (Å²) in [6.07, 6.45) is 2.12. The van der Waals surface area contributed by atoms with E-state index in [4.69, 9.17) is 16.3 Å². The van der Waals surface area contributed by atoms with Gasteiger partial charge in [-0.3, -0.25) is 4.79 Å². The molecule has 4 nitrogen and oxygen atoms in total. The van der Waals surface area contributed by atoms with Gasteiger partial charge < -0.3 is 9.64 Å². The van der Waals surface area contributed by atoms with Crippen molar-refractivity contribution in [1.82, 2.24) is 9.88 Å². The Bertz CT molecular complexity index is 952. The Morgan fingerprint density at radius 3 is 2.62 bits per heavy atom. The third-order valence-electron chi connectivity index (χ3n) is 4.66. The molecule has 1 heterocycles. The number of halogens is 1. The standard InChI is InChI=1S/C21H19ClN2O2/c1-26-18-8-2-14(3-9-18)13-24(17-6-7-17)21(25)16-4-10-19-15(12-16)5-11-20(22)23-19/h2-5,8-12,17H,6-7,13H2,1H3. The van der Waals surface area contributed by atoms with Crippen molar-refractivity contribution in [1.29, 1.82) is 0 Å². The Hall–Kier alpha value is -2.59. The molecule has 1 fully saturated rings. The number of fused-ring (bicyclic) bond motifs is 1. The van der Waals surface area contributed by atoms with E-state index in [1.807, 2.05) is 53.4 Å². The molecule has 0 atom stereocenters. The van der Waals surface area contributed by atoms with Gasteiger partial charge in [0, 0.05) is 23.5 Å². The van der Waals surface area contributed by atoms with Crippen LogP contribution in [-0.4, -0.2) is 28.9 Å². The highest BCUT2D eigenvalue weighted by atomic mass is 35.5. The summed E-state index contributed by atoms with van der Waals surface area (Å²) in [5.41, 5.74) is 2.57. The third-order valence-corrected chi connectivity index (χ3v) is 4.87. The minimum atomic E-state index is 0.0557. The van der Waals surface area contributed by atoms with E-state index in [0.29, 0.717) is 23.3 Å². The summed E-state index contributed by atoms with van der Waals surface area (Å²) in [7, 11) is 1.65. The largest absolute Gasteiger partial charge is 0.497 e. The molecule has 5 heteroatoms. The van der Waals surface area contributed by atoms with Gasteiger partial charge in [-0.1, -0.05) is 23.7 Å². The number of rotatable bonds is 5. The number of hydrogen-bond acceptors (Lipinski definition) is 3. The van der Waals surface area contributed by atoms with Crippen LogP contribution in [0, 0.1) is 0 Å². The second-order valence-electron chi connectivity index (χ2n) is 6.55. The molecule has 0 N–H and O–H groups in total. The van der Waals surface area contributed by atoms with Gasteiger partial charge in [-0.2, -0.15) is 0 Å². The van der Waals surface area contributed by atoms with Crippen LogP contribution in [-0.2, 0) is 6.54 Å². The lowest BCUT2D eigenvalue weighted by Crippen LogP contribution is -2.32. The molecule has 26 heavy (non-hydrogen) atoms. The second kappa shape index (κ2) is 6.96. The molecular weight excluding hydrogens is 348 g/mol. The summed E-state index contributed by atoms with van der Waals surface area (Å²) in [4.78, 5) is 19.4. The first-order chi connectivity index (χ1) is 12.6. The van der Waals surface area contributed by atoms with Crippen LogP contribution in [0.2, 0.25) is 5.15 Å². The Morgan fingerprint density at radius 1 is 1.15 bits per heavy atom. The highest BCUT2D eigenvalue weighted by molar-refractivity contribution is 6.29. The molecule has 2 aromatic carbocycles. The molecule has 1 aliphatic carbocycles. The van der Waals surface area contributed by atoms with Gasteiger partial charge in [0.2, 0.25) is 0 Å². The van der Waals surface area contributed by atoms with E-state index in [2.05, 4.69) is 4.98 Å². The fourth-order valence-corrected chi connectivity index (χ4v) is 3.23. The lowest BCUT2D eigenvalue weighted by atomic mass is 10.1. The summed E-state index contributed by atoms with van der Waals surface area (Å²) >= 11 is 5.94. The Balaban J connectivity index is 1.59. The van der Waals surface area contributed by atoms with E-state index in [1.165, 1.54) is 0 Å². The van der Waals surface area contributed by atoms with Crippen molar-refractivity contribution in [3.05, 3.63) is 70.9 Å². The van der Waals surface area contributed by atoms with Crippen LogP contribution in [0.4, 0.5) is 0 Å². The quantitative estimate of drug-likeness (QED) is 0.614. The molecule has 3 aromatic rings. The van der Waals surface area contributed by atoms with E-state index < -0.39 is 0 Å². The van der Waals surface area contributed by atoms with E-state index in [9.17, 15) is 4.79 Å². The molecule has 1 aromatic heterocycles. The lowest BCUT2D eigenvalue weighted by Gasteiger charge is -2.23. The normalized spacial score (nSPS) is 13.6. The van der Waals surface area contributed by atoms with Gasteiger partial charge in [0.05, 0.1) is 12.6 Å². The van der Waals surface area contributed by atoms with Crippen molar-refractivity contribution < 1.29 is 9.53 Å². The fourth-order valence-electron chi connectivity index (χ4n) is 3.08. The van der Waals surface area contributed by atoms with Gasteiger partial charge in [0.15, 0.2) is 0 Å². The van der Waals surface area contributed by atoms with Crippen LogP contribution in [0.25, 0.3) is 10.9 Å². The van der Waals surface area contributed by atoms with Gasteiger partial charge >= 0.3 is 0 Å². The van der Waals surface area contributed by atoms with Crippen molar-refractivity contribution in [3.63, 3.8) is 0 Å². The van der Waals surface area contributed by atoms with E-state index in [1.54, 1.807) is 13.2 Å². The summed E-state index contributed by atoms with van der Waals surface area (Å²) in [5.74, 6) is 0.874. The number of hydrogen-bond donors (Lipinski definition) is 0. The number of pyridine rings is 1. The highest BCUT2D eigenvalue weighted by Gasteiger charge is 2.33. The summed E-state index contributed by atoms with van der Waals surface area (Å²) < 4.78 is 5.20. The molecule has 4 rings (SSSR count). The van der Waals surface area contributed by atoms with Crippen LogP contribution < -0.4 is 4.74 Å². The number of nitrogens with zero attached hydrogens (tertiary/aromatic N) is 2. The van der Waals surface area contributed by atoms with Crippen LogP contribution in [0.5, 0.6) is 5.75 Å². The number of aromatic nitrogens is 1. The van der Waals surface area contributed by atoms with Crippen LogP contribution in [0.1, 0.15) is 28.8 Å². The van der Waals surface area contributed by atoms with Crippen molar-refractivity contribution in [2.24, 2.45) is 0 Å². The Labute approximate surface area is 157 Å². The van der Waals surface area contributed by atoms with E-state index in [-0.39, 0.29) is 5.91 Å². The molecule has 1 aliphatic rings. The predicted molar refractivity (Wildman–Crippen MR) is 103 cm³/mol. The average Bonchev–Trinajstić information content (AvgIpc) is 3.50. The molecule has 0 spiro atoms. The highest BCUT2D eigenvalue weighted by Crippen LogP contribution is 2.30. The maximum Gasteiger partial charge on any atom is 0.254 e. The molecule has 1 amide bonds. The summed E-state index contributed by atoms with van der Waals surface area (Å²) in [6, 6.07) is 17.4. The minimum absolute atomic E-state index is 0.0557. The number of carbonyl (C=O) groups is 1. The van der Waals surface area contributed by atoms with Crippen molar-refractivity contribution >= 4 is 28.4 Å². The fraction of sp³-hybridized carbons (Fsp3) is 0.238. The number of benzene rings is 2. The first-order valence-corrected chi connectivity index (χ1v) is 9.02. The van der Waals surface area contributed by atoms with Crippen molar-refractivity contribution in [2.75, 3.05) is 7.11 Å². The van der Waals surface area contributed by atoms with Crippen molar-refractivity contribution in [2.45, 2.75) is 25.4 Å². The predicted octanol–water partition coefficient (Wildman–Crippen LogP) is 4.70. The molecule has 0 unspecified atom stereocenters. The molecule has 0 aliphatic heterocycles. The SMILES string of the molecule is COc1ccc(CN(C(=O)c2ccc3nc(Cl)ccc3c2)C2CC2)cc1. The van der Waals surface area contributed by atoms with Gasteiger partial charge in [-0.25, -0.2) is 4.98 Å². The van der Waals surface area contributed by atoms with Gasteiger partial charge in [0.25, 0.3) is 5.91 Å². The van der Waals surface area contributed by atoms with Crippen LogP contribution in [0.15, 0.2) is 54.6 Å². The van der Waals surface area contributed by atoms with Gasteiger partial charge in [-0.15, -0.1) is 0 Å². The zero-order valence-electron chi connectivity index (χ0n) is 14.5. The van der Waals surface area contributed by atoms with E-state index >= 15 is 0 Å². The molecule has 0 saturated heterocycles. The summed E-state index contributed by atoms with van der Waals surface area (Å²) in [5, 5.41) is 1.37. The molecular formula is C21H19ClN2O2. The van der Waals surface area contributed by atoms with Gasteiger partial charge in [-0.05, 0) is 60.9 Å². The zero-order valence-corrected chi connectivity index (χ0v) is 15.2. The Kier molecular flexibility index (Phi) is 4.51. The molecule has 132 valence electrons. The number of ether oxygens (including phenoxy) is 1. The van der Waals surface area contributed by atoms with Crippen molar-refractivity contribution in [3.8, 4) is 5.75 Å². The smallest absolute Gasteiger partial charge is 0.254 e. The number of amides is 1. The maximum atomic E-state index is 13.1. The molecule has 1 saturated carbocycles. The number of methoxy groups -OCH3 is 1. The van der Waals surface area contributed by atoms with Gasteiger partial charge in [0.1, 0.15) is 10.9 Å². The second-order valence-corrected chi connectivity index (χ2v) is 6.94. The van der Waals surface area contributed by atoms with E-state index in [0.717, 1.165) is 35.1 Å². The van der Waals surface area contributed by atoms with Crippen LogP contribution >= 0.6 is 11.6 Å². The maximum absolute atomic E-state index is 13.1.